The summed E-state index contributed by atoms with van der Waals surface area (Å²) >= 11 is 8.52. The molecule has 10 heteroatoms. The monoisotopic (exact) mass is 415 g/mol. The zero-order valence-corrected chi connectivity index (χ0v) is 16.6. The predicted octanol–water partition coefficient (Wildman–Crippen LogP) is 3.78. The first-order valence-electron chi connectivity index (χ1n) is 7.09. The second-order valence-corrected chi connectivity index (χ2v) is 8.60. The Kier molecular flexibility index (Phi) is 6.00. The molecule has 25 heavy (non-hydrogen) atoms. The van der Waals surface area contributed by atoms with Crippen molar-refractivity contribution >= 4 is 45.3 Å². The van der Waals surface area contributed by atoms with E-state index in [-0.39, 0.29) is 5.75 Å². The van der Waals surface area contributed by atoms with Gasteiger partial charge >= 0.3 is 0 Å². The number of benzene rings is 1. The van der Waals surface area contributed by atoms with Gasteiger partial charge in [-0.25, -0.2) is 4.98 Å². The van der Waals surface area contributed by atoms with Crippen LogP contribution in [0.15, 0.2) is 23.6 Å². The van der Waals surface area contributed by atoms with Gasteiger partial charge in [0.1, 0.15) is 26.5 Å². The Bertz CT molecular complexity index is 897. The molecule has 0 radical (unpaired) electrons. The largest absolute Gasteiger partial charge is 0.497 e. The van der Waals surface area contributed by atoms with Crippen molar-refractivity contribution in [2.24, 2.45) is 0 Å². The highest BCUT2D eigenvalue weighted by molar-refractivity contribution is 7.83. The summed E-state index contributed by atoms with van der Waals surface area (Å²) in [4.78, 5) is 4.57. The normalized spacial score (nSPS) is 12.1. The van der Waals surface area contributed by atoms with Gasteiger partial charge in [0.25, 0.3) is 0 Å². The summed E-state index contributed by atoms with van der Waals surface area (Å²) in [5.74, 6) is 2.01. The van der Waals surface area contributed by atoms with Crippen LogP contribution in [0.3, 0.4) is 0 Å². The Morgan fingerprint density at radius 2 is 2.08 bits per heavy atom. The fourth-order valence-electron chi connectivity index (χ4n) is 2.12. The molecular formula is C15H14ClN3O3S3. The molecule has 3 rings (SSSR count). The number of hydrogen-bond acceptors (Lipinski definition) is 8. The van der Waals surface area contributed by atoms with Gasteiger partial charge in [-0.3, -0.25) is 4.21 Å². The van der Waals surface area contributed by atoms with Gasteiger partial charge in [-0.05, 0) is 12.1 Å². The van der Waals surface area contributed by atoms with E-state index < -0.39 is 10.8 Å². The van der Waals surface area contributed by atoms with E-state index in [9.17, 15) is 4.21 Å². The third kappa shape index (κ3) is 4.35. The summed E-state index contributed by atoms with van der Waals surface area (Å²) in [6, 6.07) is 5.57. The average molecular weight is 416 g/mol. The molecule has 0 fully saturated rings. The van der Waals surface area contributed by atoms with Crippen molar-refractivity contribution in [1.82, 2.24) is 14.6 Å². The number of ether oxygens (including phenoxy) is 2. The van der Waals surface area contributed by atoms with Gasteiger partial charge in [-0.1, -0.05) is 16.1 Å². The summed E-state index contributed by atoms with van der Waals surface area (Å²) in [7, 11) is 2.06. The topological polar surface area (TPSA) is 74.2 Å². The lowest BCUT2D eigenvalue weighted by Crippen LogP contribution is -2.01. The minimum Gasteiger partial charge on any atom is -0.497 e. The molecule has 0 saturated heterocycles. The van der Waals surface area contributed by atoms with Crippen molar-refractivity contribution in [2.75, 3.05) is 14.2 Å². The first-order chi connectivity index (χ1) is 12.1. The van der Waals surface area contributed by atoms with E-state index in [1.165, 1.54) is 11.3 Å². The second-order valence-electron chi connectivity index (χ2n) is 4.93. The van der Waals surface area contributed by atoms with E-state index in [2.05, 4.69) is 14.6 Å². The molecule has 0 amide bonds. The zero-order chi connectivity index (χ0) is 17.8. The van der Waals surface area contributed by atoms with E-state index >= 15 is 0 Å². The number of nitrogens with zero attached hydrogens (tertiary/aromatic N) is 3. The quantitative estimate of drug-likeness (QED) is 0.584. The molecular weight excluding hydrogens is 402 g/mol. The van der Waals surface area contributed by atoms with Crippen LogP contribution in [0.2, 0.25) is 4.34 Å². The molecule has 0 N–H and O–H groups in total. The van der Waals surface area contributed by atoms with Gasteiger partial charge in [-0.2, -0.15) is 0 Å². The molecule has 0 aliphatic rings. The SMILES string of the molecule is COc1ccc(-c2nc(C[S@](=O)Cc3nnsc3Cl)cs2)c(OC)c1. The van der Waals surface area contributed by atoms with Crippen molar-refractivity contribution in [2.45, 2.75) is 11.5 Å². The summed E-state index contributed by atoms with van der Waals surface area (Å²) in [6.07, 6.45) is 0. The van der Waals surface area contributed by atoms with Crippen LogP contribution in [0.5, 0.6) is 11.5 Å². The van der Waals surface area contributed by atoms with Crippen LogP contribution in [0.1, 0.15) is 11.4 Å². The van der Waals surface area contributed by atoms with Gasteiger partial charge in [0, 0.05) is 33.8 Å². The number of aromatic nitrogens is 3. The Balaban J connectivity index is 1.74. The van der Waals surface area contributed by atoms with Gasteiger partial charge in [0.2, 0.25) is 0 Å². The van der Waals surface area contributed by atoms with Crippen molar-refractivity contribution < 1.29 is 13.7 Å². The highest BCUT2D eigenvalue weighted by Crippen LogP contribution is 2.35. The number of halogens is 1. The molecule has 2 aromatic heterocycles. The highest BCUT2D eigenvalue weighted by Gasteiger charge is 2.15. The zero-order valence-electron chi connectivity index (χ0n) is 13.4. The number of rotatable bonds is 7. The molecule has 3 aromatic rings. The Morgan fingerprint density at radius 1 is 1.24 bits per heavy atom. The van der Waals surface area contributed by atoms with Crippen LogP contribution in [-0.2, 0) is 22.3 Å². The molecule has 0 unspecified atom stereocenters. The number of thiazole rings is 1. The predicted molar refractivity (Wildman–Crippen MR) is 101 cm³/mol. The second kappa shape index (κ2) is 8.22. The molecule has 2 heterocycles. The number of methoxy groups -OCH3 is 2. The van der Waals surface area contributed by atoms with Crippen molar-refractivity contribution in [3.63, 3.8) is 0 Å². The first kappa shape index (κ1) is 18.2. The number of hydrogen-bond donors (Lipinski definition) is 0. The maximum atomic E-state index is 12.3. The summed E-state index contributed by atoms with van der Waals surface area (Å²) in [5, 5.41) is 6.59. The maximum absolute atomic E-state index is 12.3. The summed E-state index contributed by atoms with van der Waals surface area (Å²) in [6.45, 7) is 0. The third-order valence-electron chi connectivity index (χ3n) is 3.31. The van der Waals surface area contributed by atoms with Crippen LogP contribution >= 0.6 is 34.5 Å². The lowest BCUT2D eigenvalue weighted by atomic mass is 10.2. The molecule has 1 atom stereocenters. The summed E-state index contributed by atoms with van der Waals surface area (Å²) in [5.41, 5.74) is 2.20. The van der Waals surface area contributed by atoms with E-state index in [1.54, 1.807) is 14.2 Å². The highest BCUT2D eigenvalue weighted by atomic mass is 35.5. The van der Waals surface area contributed by atoms with E-state index in [0.29, 0.717) is 27.3 Å². The average Bonchev–Trinajstić information content (AvgIpc) is 3.23. The molecule has 0 spiro atoms. The molecule has 0 aliphatic carbocycles. The van der Waals surface area contributed by atoms with Gasteiger partial charge < -0.3 is 9.47 Å². The first-order valence-corrected chi connectivity index (χ1v) is 10.6. The Labute approximate surface area is 160 Å². The molecule has 0 saturated carbocycles. The van der Waals surface area contributed by atoms with Gasteiger partial charge in [0.05, 0.1) is 37.0 Å². The molecule has 6 nitrogen and oxygen atoms in total. The Morgan fingerprint density at radius 3 is 2.76 bits per heavy atom. The van der Waals surface area contributed by atoms with Gasteiger partial charge in [-0.15, -0.1) is 16.4 Å². The minimum atomic E-state index is -1.15. The van der Waals surface area contributed by atoms with Crippen LogP contribution in [0.25, 0.3) is 10.6 Å². The maximum Gasteiger partial charge on any atom is 0.138 e. The van der Waals surface area contributed by atoms with Crippen LogP contribution in [-0.4, -0.2) is 33.0 Å². The minimum absolute atomic E-state index is 0.272. The molecule has 0 bridgehead atoms. The molecule has 132 valence electrons. The van der Waals surface area contributed by atoms with Crippen molar-refractivity contribution in [1.29, 1.82) is 0 Å². The standard InChI is InChI=1S/C15H14ClN3O3S3/c1-21-10-3-4-11(13(5-10)22-2)15-17-9(6-23-15)7-25(20)8-12-14(16)24-19-18-12/h3-6H,7-8H2,1-2H3/t25-/m0/s1. The van der Waals surface area contributed by atoms with E-state index in [1.807, 2.05) is 23.6 Å². The van der Waals surface area contributed by atoms with Crippen LogP contribution in [0, 0.1) is 0 Å². The van der Waals surface area contributed by atoms with Gasteiger partial charge in [0.15, 0.2) is 0 Å². The Hall–Kier alpha value is -1.55. The van der Waals surface area contributed by atoms with Crippen LogP contribution in [0.4, 0.5) is 0 Å². The lowest BCUT2D eigenvalue weighted by molar-refractivity contribution is 0.395. The van der Waals surface area contributed by atoms with Crippen molar-refractivity contribution in [3.8, 4) is 22.1 Å². The lowest BCUT2D eigenvalue weighted by Gasteiger charge is -2.08. The van der Waals surface area contributed by atoms with E-state index in [0.717, 1.165) is 27.8 Å². The van der Waals surface area contributed by atoms with Crippen LogP contribution < -0.4 is 9.47 Å². The summed E-state index contributed by atoms with van der Waals surface area (Å²) < 4.78 is 27.1. The molecule has 0 aliphatic heterocycles. The van der Waals surface area contributed by atoms with E-state index in [4.69, 9.17) is 21.1 Å². The van der Waals surface area contributed by atoms with Crippen molar-refractivity contribution in [3.05, 3.63) is 39.3 Å². The smallest absolute Gasteiger partial charge is 0.138 e. The fourth-order valence-corrected chi connectivity index (χ4v) is 4.96. The third-order valence-corrected chi connectivity index (χ3v) is 6.43. The fraction of sp³-hybridized carbons (Fsp3) is 0.267. The molecule has 1 aromatic carbocycles.